The van der Waals surface area contributed by atoms with E-state index in [4.69, 9.17) is 0 Å². The average Bonchev–Trinajstić information content (AvgIpc) is 2.40. The van der Waals surface area contributed by atoms with Gasteiger partial charge >= 0.3 is 6.36 Å². The zero-order valence-corrected chi connectivity index (χ0v) is 12.6. The number of hydrogen-bond donors (Lipinski definition) is 1. The predicted molar refractivity (Wildman–Crippen MR) is 76.7 cm³/mol. The van der Waals surface area contributed by atoms with Crippen LogP contribution in [0.4, 0.5) is 18.9 Å². The van der Waals surface area contributed by atoms with Crippen LogP contribution in [0.5, 0.6) is 5.75 Å². The second kappa shape index (κ2) is 4.91. The van der Waals surface area contributed by atoms with Gasteiger partial charge in [-0.1, -0.05) is 13.8 Å². The lowest BCUT2D eigenvalue weighted by Crippen LogP contribution is -2.55. The van der Waals surface area contributed by atoms with Gasteiger partial charge < -0.3 is 10.1 Å². The molecule has 22 heavy (non-hydrogen) atoms. The van der Waals surface area contributed by atoms with Gasteiger partial charge in [0.2, 0.25) is 5.91 Å². The van der Waals surface area contributed by atoms with Crippen LogP contribution in [0.15, 0.2) is 28.1 Å². The van der Waals surface area contributed by atoms with Crippen LogP contribution in [0.1, 0.15) is 13.8 Å². The highest BCUT2D eigenvalue weighted by atomic mass is 32.2. The number of amides is 1. The number of fused-ring (bicyclic) bond motifs is 2. The Hall–Kier alpha value is -1.70. The summed E-state index contributed by atoms with van der Waals surface area (Å²) in [5.41, 5.74) is 1.02. The second-order valence-corrected chi connectivity index (χ2v) is 6.92. The number of ether oxygens (including phenoxy) is 1. The minimum atomic E-state index is -4.74. The number of halogens is 3. The largest absolute Gasteiger partial charge is 0.573 e. The molecule has 0 spiro atoms. The first-order valence-electron chi connectivity index (χ1n) is 6.59. The second-order valence-electron chi connectivity index (χ2n) is 5.77. The topological polar surface area (TPSA) is 50.7 Å². The van der Waals surface area contributed by atoms with Gasteiger partial charge in [-0.25, -0.2) is 0 Å². The Morgan fingerprint density at radius 2 is 2.14 bits per heavy atom. The first-order valence-corrected chi connectivity index (χ1v) is 7.47. The van der Waals surface area contributed by atoms with Gasteiger partial charge in [0.05, 0.1) is 5.69 Å². The van der Waals surface area contributed by atoms with E-state index in [0.29, 0.717) is 17.1 Å². The molecule has 0 aromatic heterocycles. The first kappa shape index (κ1) is 15.2. The number of nitrogens with zero attached hydrogens (tertiary/aromatic N) is 1. The highest BCUT2D eigenvalue weighted by Crippen LogP contribution is 2.45. The minimum Gasteiger partial charge on any atom is -0.406 e. The van der Waals surface area contributed by atoms with Crippen LogP contribution in [0.25, 0.3) is 0 Å². The van der Waals surface area contributed by atoms with Crippen molar-refractivity contribution in [2.24, 2.45) is 10.4 Å². The smallest absolute Gasteiger partial charge is 0.406 e. The summed E-state index contributed by atoms with van der Waals surface area (Å²) in [7, 11) is 0. The molecule has 1 N–H and O–H groups in total. The van der Waals surface area contributed by atoms with E-state index < -0.39 is 11.6 Å². The molecule has 2 aliphatic heterocycles. The van der Waals surface area contributed by atoms with Crippen LogP contribution in [0.2, 0.25) is 0 Å². The molecule has 3 rings (SSSR count). The van der Waals surface area contributed by atoms with Gasteiger partial charge in [0.15, 0.2) is 0 Å². The zero-order valence-electron chi connectivity index (χ0n) is 11.8. The van der Waals surface area contributed by atoms with Crippen molar-refractivity contribution >= 4 is 29.1 Å². The maximum atomic E-state index is 12.3. The molecule has 1 aromatic rings. The third kappa shape index (κ3) is 2.79. The highest BCUT2D eigenvalue weighted by Gasteiger charge is 2.43. The number of rotatable bonds is 1. The normalized spacial score (nSPS) is 23.0. The van der Waals surface area contributed by atoms with Gasteiger partial charge in [-0.15, -0.1) is 24.9 Å². The lowest BCUT2D eigenvalue weighted by atomic mass is 9.82. The van der Waals surface area contributed by atoms with Gasteiger partial charge in [-0.3, -0.25) is 9.79 Å². The van der Waals surface area contributed by atoms with Gasteiger partial charge in [0.25, 0.3) is 0 Å². The Morgan fingerprint density at radius 1 is 1.41 bits per heavy atom. The van der Waals surface area contributed by atoms with Gasteiger partial charge in [-0.2, -0.15) is 0 Å². The Labute approximate surface area is 129 Å². The minimum absolute atomic E-state index is 0.170. The molecule has 0 aliphatic carbocycles. The van der Waals surface area contributed by atoms with Gasteiger partial charge in [0.1, 0.15) is 11.0 Å². The van der Waals surface area contributed by atoms with Crippen LogP contribution in [0.3, 0.4) is 0 Å². The summed E-state index contributed by atoms with van der Waals surface area (Å²) in [5, 5.41) is 2.29. The SMILES string of the molecule is CC1(C)CNC(=O)C2Sc3cc(OC(F)(F)F)ccc3N=C21. The van der Waals surface area contributed by atoms with E-state index in [1.54, 1.807) is 0 Å². The van der Waals surface area contributed by atoms with Gasteiger partial charge in [-0.05, 0) is 18.2 Å². The third-order valence-corrected chi connectivity index (χ3v) is 4.79. The van der Waals surface area contributed by atoms with Crippen LogP contribution in [-0.2, 0) is 4.79 Å². The van der Waals surface area contributed by atoms with Crippen molar-refractivity contribution in [3.8, 4) is 5.75 Å². The quantitative estimate of drug-likeness (QED) is 0.860. The number of piperidine rings is 1. The molecule has 4 nitrogen and oxygen atoms in total. The molecule has 0 saturated carbocycles. The first-order chi connectivity index (χ1) is 10.2. The Balaban J connectivity index is 1.99. The van der Waals surface area contributed by atoms with E-state index in [0.717, 1.165) is 5.71 Å². The number of carbonyl (C=O) groups excluding carboxylic acids is 1. The Morgan fingerprint density at radius 3 is 2.82 bits per heavy atom. The molecule has 8 heteroatoms. The van der Waals surface area contributed by atoms with Crippen LogP contribution < -0.4 is 10.1 Å². The van der Waals surface area contributed by atoms with E-state index in [1.807, 2.05) is 13.8 Å². The van der Waals surface area contributed by atoms with Crippen molar-refractivity contribution in [1.82, 2.24) is 5.32 Å². The molecule has 2 heterocycles. The van der Waals surface area contributed by atoms with E-state index >= 15 is 0 Å². The number of thioether (sulfide) groups is 1. The summed E-state index contributed by atoms with van der Waals surface area (Å²) in [4.78, 5) is 17.0. The molecule has 1 atom stereocenters. The summed E-state index contributed by atoms with van der Waals surface area (Å²) < 4.78 is 40.8. The monoisotopic (exact) mass is 330 g/mol. The molecule has 0 bridgehead atoms. The van der Waals surface area contributed by atoms with Crippen molar-refractivity contribution in [1.29, 1.82) is 0 Å². The molecule has 118 valence electrons. The molecular weight excluding hydrogens is 317 g/mol. The molecular formula is C14H13F3N2O2S. The fourth-order valence-corrected chi connectivity index (χ4v) is 3.77. The molecule has 1 saturated heterocycles. The molecule has 1 aromatic carbocycles. The van der Waals surface area contributed by atoms with E-state index in [1.165, 1.54) is 30.0 Å². The number of hydrogen-bond acceptors (Lipinski definition) is 4. The number of carbonyl (C=O) groups is 1. The highest BCUT2D eigenvalue weighted by molar-refractivity contribution is 8.01. The maximum absolute atomic E-state index is 12.3. The van der Waals surface area contributed by atoms with Crippen LogP contribution in [-0.4, -0.2) is 29.8 Å². The molecule has 0 radical (unpaired) electrons. The molecule has 1 amide bonds. The van der Waals surface area contributed by atoms with Crippen LogP contribution >= 0.6 is 11.8 Å². The van der Waals surface area contributed by atoms with Crippen molar-refractivity contribution in [2.45, 2.75) is 30.4 Å². The Kier molecular flexibility index (Phi) is 3.39. The zero-order chi connectivity index (χ0) is 16.1. The Bertz CT molecular complexity index is 671. The van der Waals surface area contributed by atoms with Crippen molar-refractivity contribution in [2.75, 3.05) is 6.54 Å². The predicted octanol–water partition coefficient (Wildman–Crippen LogP) is 3.29. The van der Waals surface area contributed by atoms with Crippen molar-refractivity contribution in [3.63, 3.8) is 0 Å². The summed E-state index contributed by atoms with van der Waals surface area (Å²) >= 11 is 1.20. The number of benzene rings is 1. The lowest BCUT2D eigenvalue weighted by molar-refractivity contribution is -0.274. The molecule has 1 fully saturated rings. The summed E-state index contributed by atoms with van der Waals surface area (Å²) in [6.07, 6.45) is -4.74. The summed E-state index contributed by atoms with van der Waals surface area (Å²) in [6.45, 7) is 4.45. The third-order valence-electron chi connectivity index (χ3n) is 3.54. The maximum Gasteiger partial charge on any atom is 0.573 e. The summed E-state index contributed by atoms with van der Waals surface area (Å²) in [6, 6.07) is 3.98. The fraction of sp³-hybridized carbons (Fsp3) is 0.429. The lowest BCUT2D eigenvalue weighted by Gasteiger charge is -2.38. The average molecular weight is 330 g/mol. The number of nitrogens with one attached hydrogen (secondary N) is 1. The summed E-state index contributed by atoms with van der Waals surface area (Å²) in [5.74, 6) is -0.483. The fourth-order valence-electron chi connectivity index (χ4n) is 2.42. The standard InChI is InChI=1S/C14H13F3N2O2S/c1-13(2)6-18-12(20)10-11(13)19-8-4-3-7(5-9(8)22-10)21-14(15,16)17/h3-5,10H,6H2,1-2H3,(H,18,20). The van der Waals surface area contributed by atoms with E-state index in [2.05, 4.69) is 15.0 Å². The van der Waals surface area contributed by atoms with Gasteiger partial charge in [0, 0.05) is 22.6 Å². The molecule has 1 unspecified atom stereocenters. The van der Waals surface area contributed by atoms with Crippen LogP contribution in [0, 0.1) is 5.41 Å². The van der Waals surface area contributed by atoms with E-state index in [9.17, 15) is 18.0 Å². The number of aliphatic imine (C=N–C) groups is 1. The van der Waals surface area contributed by atoms with E-state index in [-0.39, 0.29) is 17.1 Å². The molecule has 2 aliphatic rings. The van der Waals surface area contributed by atoms with Crippen molar-refractivity contribution < 1.29 is 22.7 Å². The van der Waals surface area contributed by atoms with Crippen molar-refractivity contribution in [3.05, 3.63) is 18.2 Å². The number of alkyl halides is 3.